The Morgan fingerprint density at radius 2 is 2.17 bits per heavy atom. The Hall–Kier alpha value is -1.81. The van der Waals surface area contributed by atoms with Crippen LogP contribution in [0.1, 0.15) is 25.3 Å². The van der Waals surface area contributed by atoms with Crippen LogP contribution >= 0.6 is 0 Å². The van der Waals surface area contributed by atoms with Crippen molar-refractivity contribution < 1.29 is 17.6 Å². The predicted octanol–water partition coefficient (Wildman–Crippen LogP) is 0.164. The van der Waals surface area contributed by atoms with Gasteiger partial charge >= 0.3 is 0 Å². The van der Waals surface area contributed by atoms with Crippen LogP contribution in [-0.2, 0) is 21.4 Å². The molecule has 0 spiro atoms. The molecule has 0 unspecified atom stereocenters. The minimum atomic E-state index is -3.21. The highest BCUT2D eigenvalue weighted by Gasteiger charge is 2.28. The van der Waals surface area contributed by atoms with E-state index in [1.165, 1.54) is 21.4 Å². The smallest absolute Gasteiger partial charge is 0.243 e. The van der Waals surface area contributed by atoms with Gasteiger partial charge in [-0.2, -0.15) is 14.6 Å². The van der Waals surface area contributed by atoms with Crippen LogP contribution in [0.4, 0.5) is 4.39 Å². The van der Waals surface area contributed by atoms with Gasteiger partial charge in [0.05, 0.1) is 24.2 Å². The Labute approximate surface area is 134 Å². The molecular formula is C13H20FN5O3S. The molecule has 10 heteroatoms. The van der Waals surface area contributed by atoms with Crippen molar-refractivity contribution >= 4 is 22.1 Å². The van der Waals surface area contributed by atoms with E-state index in [0.717, 1.165) is 6.26 Å². The number of aryl methyl sites for hydroxylation is 1. The van der Waals surface area contributed by atoms with Crippen LogP contribution < -0.4 is 5.43 Å². The summed E-state index contributed by atoms with van der Waals surface area (Å²) in [6.07, 6.45) is 4.58. The number of sulfonamides is 1. The van der Waals surface area contributed by atoms with E-state index in [9.17, 15) is 17.6 Å². The number of carbonyl (C=O) groups is 1. The first-order chi connectivity index (χ1) is 10.8. The third-order valence-corrected chi connectivity index (χ3v) is 5.08. The monoisotopic (exact) mass is 345 g/mol. The SMILES string of the molecule is CCn1ncc(/C=N\NC(=O)C2CCN(S(C)(=O)=O)CC2)c1F. The Balaban J connectivity index is 1.86. The molecule has 0 aromatic carbocycles. The number of piperidine rings is 1. The summed E-state index contributed by atoms with van der Waals surface area (Å²) >= 11 is 0. The first-order valence-electron chi connectivity index (χ1n) is 7.32. The van der Waals surface area contributed by atoms with E-state index in [1.807, 2.05) is 0 Å². The molecule has 1 aliphatic rings. The average Bonchev–Trinajstić information content (AvgIpc) is 2.87. The zero-order valence-corrected chi connectivity index (χ0v) is 13.9. The van der Waals surface area contributed by atoms with E-state index >= 15 is 0 Å². The van der Waals surface area contributed by atoms with Gasteiger partial charge in [0.25, 0.3) is 0 Å². The Morgan fingerprint density at radius 1 is 1.52 bits per heavy atom. The average molecular weight is 345 g/mol. The maximum Gasteiger partial charge on any atom is 0.243 e. The minimum Gasteiger partial charge on any atom is -0.273 e. The van der Waals surface area contributed by atoms with Gasteiger partial charge in [-0.15, -0.1) is 0 Å². The Morgan fingerprint density at radius 3 is 2.70 bits per heavy atom. The van der Waals surface area contributed by atoms with Crippen LogP contribution in [0.2, 0.25) is 0 Å². The van der Waals surface area contributed by atoms with E-state index in [2.05, 4.69) is 15.6 Å². The molecule has 0 saturated carbocycles. The summed E-state index contributed by atoms with van der Waals surface area (Å²) < 4.78 is 39.1. The van der Waals surface area contributed by atoms with Gasteiger partial charge < -0.3 is 0 Å². The van der Waals surface area contributed by atoms with Crippen molar-refractivity contribution in [2.45, 2.75) is 26.3 Å². The number of carbonyl (C=O) groups excluding carboxylic acids is 1. The number of nitrogens with zero attached hydrogens (tertiary/aromatic N) is 4. The second kappa shape index (κ2) is 7.18. The lowest BCUT2D eigenvalue weighted by molar-refractivity contribution is -0.126. The highest BCUT2D eigenvalue weighted by Crippen LogP contribution is 2.19. The molecule has 1 fully saturated rings. The number of halogens is 1. The molecule has 23 heavy (non-hydrogen) atoms. The number of hydrazone groups is 1. The van der Waals surface area contributed by atoms with Gasteiger partial charge in [-0.1, -0.05) is 0 Å². The van der Waals surface area contributed by atoms with Gasteiger partial charge in [0, 0.05) is 25.6 Å². The molecule has 8 nitrogen and oxygen atoms in total. The third-order valence-electron chi connectivity index (χ3n) is 3.77. The zero-order chi connectivity index (χ0) is 17.0. The predicted molar refractivity (Wildman–Crippen MR) is 82.7 cm³/mol. The molecule has 0 bridgehead atoms. The lowest BCUT2D eigenvalue weighted by Crippen LogP contribution is -2.41. The standard InChI is InChI=1S/C13H20FN5O3S/c1-3-19-12(14)11(9-16-19)8-15-17-13(20)10-4-6-18(7-5-10)23(2,21)22/h8-10H,3-7H2,1-2H3,(H,17,20)/b15-8-. The number of amides is 1. The van der Waals surface area contributed by atoms with Gasteiger partial charge in [-0.05, 0) is 19.8 Å². The van der Waals surface area contributed by atoms with Crippen molar-refractivity contribution in [3.05, 3.63) is 17.7 Å². The van der Waals surface area contributed by atoms with E-state index in [4.69, 9.17) is 0 Å². The number of nitrogens with one attached hydrogen (secondary N) is 1. The second-order valence-corrected chi connectivity index (χ2v) is 7.36. The fraction of sp³-hybridized carbons (Fsp3) is 0.615. The lowest BCUT2D eigenvalue weighted by Gasteiger charge is -2.28. The fourth-order valence-corrected chi connectivity index (χ4v) is 3.27. The van der Waals surface area contributed by atoms with Crippen molar-refractivity contribution in [1.29, 1.82) is 0 Å². The molecule has 1 aliphatic heterocycles. The lowest BCUT2D eigenvalue weighted by atomic mass is 9.98. The molecule has 1 aromatic heterocycles. The molecular weight excluding hydrogens is 325 g/mol. The second-order valence-electron chi connectivity index (χ2n) is 5.38. The van der Waals surface area contributed by atoms with Crippen molar-refractivity contribution in [2.24, 2.45) is 11.0 Å². The molecule has 0 radical (unpaired) electrons. The molecule has 1 saturated heterocycles. The topological polar surface area (TPSA) is 96.7 Å². The molecule has 2 heterocycles. The number of aromatic nitrogens is 2. The highest BCUT2D eigenvalue weighted by atomic mass is 32.2. The summed E-state index contributed by atoms with van der Waals surface area (Å²) in [4.78, 5) is 12.0. The van der Waals surface area contributed by atoms with Gasteiger partial charge in [0.2, 0.25) is 21.9 Å². The van der Waals surface area contributed by atoms with E-state index in [0.29, 0.717) is 32.5 Å². The summed E-state index contributed by atoms with van der Waals surface area (Å²) in [6.45, 7) is 2.81. The first-order valence-corrected chi connectivity index (χ1v) is 9.17. The van der Waals surface area contributed by atoms with Crippen LogP contribution in [-0.4, -0.2) is 54.0 Å². The summed E-state index contributed by atoms with van der Waals surface area (Å²) in [6, 6.07) is 0. The quantitative estimate of drug-likeness (QED) is 0.607. The van der Waals surface area contributed by atoms with Gasteiger partial charge in [-0.3, -0.25) is 4.79 Å². The first kappa shape index (κ1) is 17.5. The van der Waals surface area contributed by atoms with Crippen molar-refractivity contribution in [3.63, 3.8) is 0 Å². The van der Waals surface area contributed by atoms with Crippen LogP contribution in [0, 0.1) is 11.9 Å². The largest absolute Gasteiger partial charge is 0.273 e. The maximum atomic E-state index is 13.7. The molecule has 2 rings (SSSR count). The summed E-state index contributed by atoms with van der Waals surface area (Å²) in [5.41, 5.74) is 2.56. The maximum absolute atomic E-state index is 13.7. The van der Waals surface area contributed by atoms with Crippen LogP contribution in [0.5, 0.6) is 0 Å². The third kappa shape index (κ3) is 4.35. The van der Waals surface area contributed by atoms with Gasteiger partial charge in [0.1, 0.15) is 0 Å². The Kier molecular flexibility index (Phi) is 5.47. The van der Waals surface area contributed by atoms with E-state index in [-0.39, 0.29) is 17.4 Å². The van der Waals surface area contributed by atoms with Gasteiger partial charge in [-0.25, -0.2) is 22.8 Å². The summed E-state index contributed by atoms with van der Waals surface area (Å²) in [7, 11) is -3.21. The van der Waals surface area contributed by atoms with Crippen LogP contribution in [0.15, 0.2) is 11.3 Å². The molecule has 128 valence electrons. The number of rotatable bonds is 5. The zero-order valence-electron chi connectivity index (χ0n) is 13.1. The van der Waals surface area contributed by atoms with E-state index < -0.39 is 16.0 Å². The summed E-state index contributed by atoms with van der Waals surface area (Å²) in [5.74, 6) is -1.10. The van der Waals surface area contributed by atoms with E-state index in [1.54, 1.807) is 6.92 Å². The molecule has 1 N–H and O–H groups in total. The molecule has 0 atom stereocenters. The number of hydrogen-bond acceptors (Lipinski definition) is 5. The molecule has 1 amide bonds. The minimum absolute atomic E-state index is 0.194. The van der Waals surface area contributed by atoms with Crippen LogP contribution in [0.3, 0.4) is 0 Å². The normalized spacial score (nSPS) is 17.7. The molecule has 0 aliphatic carbocycles. The van der Waals surface area contributed by atoms with Crippen molar-refractivity contribution in [1.82, 2.24) is 19.5 Å². The Bertz CT molecular complexity index is 692. The van der Waals surface area contributed by atoms with Crippen LogP contribution in [0.25, 0.3) is 0 Å². The number of hydrogen-bond donors (Lipinski definition) is 1. The summed E-state index contributed by atoms with van der Waals surface area (Å²) in [5, 5.41) is 7.57. The van der Waals surface area contributed by atoms with Crippen molar-refractivity contribution in [2.75, 3.05) is 19.3 Å². The highest BCUT2D eigenvalue weighted by molar-refractivity contribution is 7.88. The van der Waals surface area contributed by atoms with Gasteiger partial charge in [0.15, 0.2) is 0 Å². The van der Waals surface area contributed by atoms with Crippen molar-refractivity contribution in [3.8, 4) is 0 Å². The molecule has 1 aromatic rings. The fourth-order valence-electron chi connectivity index (χ4n) is 2.40.